The van der Waals surface area contributed by atoms with E-state index in [9.17, 15) is 4.79 Å². The lowest BCUT2D eigenvalue weighted by Crippen LogP contribution is -2.62. The van der Waals surface area contributed by atoms with Crippen LogP contribution in [0.5, 0.6) is 0 Å². The highest BCUT2D eigenvalue weighted by atomic mass is 16.2. The van der Waals surface area contributed by atoms with Gasteiger partial charge >= 0.3 is 0 Å². The number of nitrogens with zero attached hydrogens (tertiary/aromatic N) is 1. The summed E-state index contributed by atoms with van der Waals surface area (Å²) in [6, 6.07) is 0.952. The number of unbranched alkanes of at least 4 members (excludes halogenated alkanes) is 3. The summed E-state index contributed by atoms with van der Waals surface area (Å²) < 4.78 is 0. The first-order chi connectivity index (χ1) is 15.1. The van der Waals surface area contributed by atoms with E-state index in [1.54, 1.807) is 0 Å². The van der Waals surface area contributed by atoms with Crippen LogP contribution in [0.4, 0.5) is 0 Å². The van der Waals surface area contributed by atoms with Crippen molar-refractivity contribution in [1.82, 2.24) is 20.9 Å². The van der Waals surface area contributed by atoms with Crippen molar-refractivity contribution in [3.8, 4) is 0 Å². The third-order valence-corrected chi connectivity index (χ3v) is 7.34. The van der Waals surface area contributed by atoms with Crippen molar-refractivity contribution in [1.29, 1.82) is 0 Å². The number of hydrogen-bond donors (Lipinski definition) is 3. The first kappa shape index (κ1) is 28.6. The van der Waals surface area contributed by atoms with Gasteiger partial charge in [0.2, 0.25) is 5.91 Å². The van der Waals surface area contributed by atoms with E-state index in [4.69, 9.17) is 0 Å². The van der Waals surface area contributed by atoms with Crippen LogP contribution in [0, 0.1) is 0 Å². The molecule has 0 bridgehead atoms. The summed E-state index contributed by atoms with van der Waals surface area (Å²) in [7, 11) is 0. The highest BCUT2D eigenvalue weighted by molar-refractivity contribution is 5.76. The Morgan fingerprint density at radius 2 is 1.27 bits per heavy atom. The SMILES string of the molecule is CCCC(=O)N(CCCCCCNC1CC(C)(C)NC(C)(C)C1)C1CC(C)(C)NC(C)(C)C1. The summed E-state index contributed by atoms with van der Waals surface area (Å²) >= 11 is 0. The van der Waals surface area contributed by atoms with Crippen molar-refractivity contribution < 1.29 is 4.79 Å². The van der Waals surface area contributed by atoms with Crippen molar-refractivity contribution in [2.45, 2.75) is 161 Å². The molecule has 2 fully saturated rings. The molecule has 1 amide bonds. The average Bonchev–Trinajstić information content (AvgIpc) is 2.58. The summed E-state index contributed by atoms with van der Waals surface area (Å²) in [4.78, 5) is 15.2. The summed E-state index contributed by atoms with van der Waals surface area (Å²) in [5, 5.41) is 11.4. The second-order valence-electron chi connectivity index (χ2n) is 13.7. The van der Waals surface area contributed by atoms with E-state index in [-0.39, 0.29) is 22.2 Å². The number of nitrogens with one attached hydrogen (secondary N) is 3. The fourth-order valence-electron chi connectivity index (χ4n) is 6.89. The van der Waals surface area contributed by atoms with Gasteiger partial charge in [-0.3, -0.25) is 4.79 Å². The molecule has 5 nitrogen and oxygen atoms in total. The molecule has 194 valence electrons. The fourth-order valence-corrected chi connectivity index (χ4v) is 6.89. The minimum absolute atomic E-state index is 0.0700. The van der Waals surface area contributed by atoms with Crippen molar-refractivity contribution in [2.75, 3.05) is 13.1 Å². The molecule has 0 atom stereocenters. The molecular formula is C28H56N4O. The van der Waals surface area contributed by atoms with E-state index in [1.807, 2.05) is 0 Å². The zero-order valence-electron chi connectivity index (χ0n) is 23.5. The minimum atomic E-state index is 0.0700. The van der Waals surface area contributed by atoms with Crippen LogP contribution < -0.4 is 16.0 Å². The van der Waals surface area contributed by atoms with Crippen molar-refractivity contribution in [3.63, 3.8) is 0 Å². The maximum Gasteiger partial charge on any atom is 0.222 e. The predicted octanol–water partition coefficient (Wildman–Crippen LogP) is 5.38. The molecule has 2 aliphatic rings. The Kier molecular flexibility index (Phi) is 9.87. The number of carbonyl (C=O) groups excluding carboxylic acids is 1. The normalized spacial score (nSPS) is 24.5. The molecule has 0 aromatic carbocycles. The highest BCUT2D eigenvalue weighted by Crippen LogP contribution is 2.32. The Morgan fingerprint density at radius 3 is 1.79 bits per heavy atom. The fraction of sp³-hybridized carbons (Fsp3) is 0.964. The molecule has 5 heteroatoms. The van der Waals surface area contributed by atoms with Gasteiger partial charge in [0.25, 0.3) is 0 Å². The summed E-state index contributed by atoms with van der Waals surface area (Å²) in [6.07, 6.45) is 10.9. The zero-order chi connectivity index (χ0) is 24.9. The van der Waals surface area contributed by atoms with Crippen LogP contribution in [0.1, 0.15) is 127 Å². The Bertz CT molecular complexity index is 593. The van der Waals surface area contributed by atoms with Crippen LogP contribution in [-0.2, 0) is 4.79 Å². The summed E-state index contributed by atoms with van der Waals surface area (Å²) in [5.41, 5.74) is 0.540. The summed E-state index contributed by atoms with van der Waals surface area (Å²) in [5.74, 6) is 0.355. The summed E-state index contributed by atoms with van der Waals surface area (Å²) in [6.45, 7) is 22.5. The van der Waals surface area contributed by atoms with Gasteiger partial charge in [-0.25, -0.2) is 0 Å². The second kappa shape index (κ2) is 11.4. The lowest BCUT2D eigenvalue weighted by Gasteiger charge is -2.49. The van der Waals surface area contributed by atoms with Crippen LogP contribution in [0.3, 0.4) is 0 Å². The van der Waals surface area contributed by atoms with E-state index in [1.165, 1.54) is 32.1 Å². The van der Waals surface area contributed by atoms with E-state index in [0.717, 1.165) is 38.8 Å². The average molecular weight is 465 g/mol. The predicted molar refractivity (Wildman–Crippen MR) is 142 cm³/mol. The van der Waals surface area contributed by atoms with Crippen molar-refractivity contribution in [2.24, 2.45) is 0 Å². The second-order valence-corrected chi connectivity index (χ2v) is 13.7. The van der Waals surface area contributed by atoms with Gasteiger partial charge in [0.05, 0.1) is 0 Å². The number of carbonyl (C=O) groups is 1. The standard InChI is InChI=1S/C28H56N4O/c1-10-15-24(33)32(23-20-27(6,7)31-28(8,9)21-23)17-14-12-11-13-16-29-22-18-25(2,3)30-26(4,5)19-22/h22-23,29-31H,10-21H2,1-9H3. The van der Waals surface area contributed by atoms with Crippen LogP contribution in [0.2, 0.25) is 0 Å². The van der Waals surface area contributed by atoms with Crippen LogP contribution in [0.25, 0.3) is 0 Å². The van der Waals surface area contributed by atoms with Gasteiger partial charge in [-0.15, -0.1) is 0 Å². The van der Waals surface area contributed by atoms with Gasteiger partial charge in [0.15, 0.2) is 0 Å². The smallest absolute Gasteiger partial charge is 0.222 e. The number of hydrogen-bond acceptors (Lipinski definition) is 4. The largest absolute Gasteiger partial charge is 0.340 e. The zero-order valence-corrected chi connectivity index (χ0v) is 23.5. The third-order valence-electron chi connectivity index (χ3n) is 7.34. The Labute approximate surface area is 205 Å². The molecule has 2 aliphatic heterocycles. The minimum Gasteiger partial charge on any atom is -0.340 e. The molecule has 2 heterocycles. The molecule has 0 spiro atoms. The maximum absolute atomic E-state index is 13.0. The van der Waals surface area contributed by atoms with Gasteiger partial charge < -0.3 is 20.9 Å². The Morgan fingerprint density at radius 1 is 0.788 bits per heavy atom. The first-order valence-corrected chi connectivity index (χ1v) is 13.8. The topological polar surface area (TPSA) is 56.4 Å². The molecule has 2 saturated heterocycles. The van der Waals surface area contributed by atoms with Gasteiger partial charge in [-0.1, -0.05) is 19.8 Å². The number of rotatable bonds is 11. The third kappa shape index (κ3) is 9.85. The quantitative estimate of drug-likeness (QED) is 0.359. The first-order valence-electron chi connectivity index (χ1n) is 13.8. The lowest BCUT2D eigenvalue weighted by atomic mass is 9.79. The van der Waals surface area contributed by atoms with Gasteiger partial charge in [0.1, 0.15) is 0 Å². The Balaban J connectivity index is 1.76. The van der Waals surface area contributed by atoms with E-state index >= 15 is 0 Å². The maximum atomic E-state index is 13.0. The molecule has 0 unspecified atom stereocenters. The van der Waals surface area contributed by atoms with Gasteiger partial charge in [0, 0.05) is 47.2 Å². The molecule has 0 aliphatic carbocycles. The van der Waals surface area contributed by atoms with Gasteiger partial charge in [-0.05, 0) is 107 Å². The Hall–Kier alpha value is -0.650. The van der Waals surface area contributed by atoms with Gasteiger partial charge in [-0.2, -0.15) is 0 Å². The molecular weight excluding hydrogens is 408 g/mol. The molecule has 2 rings (SSSR count). The molecule has 33 heavy (non-hydrogen) atoms. The van der Waals surface area contributed by atoms with E-state index in [2.05, 4.69) is 83.2 Å². The van der Waals surface area contributed by atoms with Crippen molar-refractivity contribution in [3.05, 3.63) is 0 Å². The van der Waals surface area contributed by atoms with E-state index < -0.39 is 0 Å². The number of amides is 1. The van der Waals surface area contributed by atoms with Crippen LogP contribution in [-0.4, -0.2) is 58.1 Å². The highest BCUT2D eigenvalue weighted by Gasteiger charge is 2.41. The monoisotopic (exact) mass is 464 g/mol. The van der Waals surface area contributed by atoms with Crippen molar-refractivity contribution >= 4 is 5.91 Å². The number of piperidine rings is 2. The van der Waals surface area contributed by atoms with Crippen LogP contribution in [0.15, 0.2) is 0 Å². The van der Waals surface area contributed by atoms with E-state index in [0.29, 0.717) is 24.4 Å². The van der Waals surface area contributed by atoms with Crippen LogP contribution >= 0.6 is 0 Å². The lowest BCUT2D eigenvalue weighted by molar-refractivity contribution is -0.135. The molecule has 3 N–H and O–H groups in total. The molecule has 0 saturated carbocycles. The molecule has 0 radical (unpaired) electrons. The molecule has 0 aromatic heterocycles. The molecule has 0 aromatic rings.